The Morgan fingerprint density at radius 3 is 2.44 bits per heavy atom. The molecule has 1 aliphatic heterocycles. The monoisotopic (exact) mass is 608 g/mol. The van der Waals surface area contributed by atoms with Crippen molar-refractivity contribution in [2.24, 2.45) is 4.99 Å². The molecule has 1 saturated heterocycles. The minimum atomic E-state index is -4.74. The van der Waals surface area contributed by atoms with Crippen molar-refractivity contribution in [1.82, 2.24) is 20.1 Å². The SMILES string of the molecule is Cc1cccc(C)c1N1CCS/C1=N\C(=O)NCCCCc1ccc(-c2ncn(-c3ccc(OC(F)(F)F)cc3)n2)cc1. The quantitative estimate of drug-likeness (QED) is 0.204. The summed E-state index contributed by atoms with van der Waals surface area (Å²) >= 11 is 1.60. The van der Waals surface area contributed by atoms with Gasteiger partial charge in [-0.1, -0.05) is 54.2 Å². The predicted molar refractivity (Wildman–Crippen MR) is 163 cm³/mol. The molecule has 1 N–H and O–H groups in total. The van der Waals surface area contributed by atoms with E-state index in [0.717, 1.165) is 53.5 Å². The number of aryl methyl sites for hydroxylation is 3. The van der Waals surface area contributed by atoms with Crippen LogP contribution in [0.4, 0.5) is 23.7 Å². The smallest absolute Gasteiger partial charge is 0.406 e. The standard InChI is InChI=1S/C31H31F3N6O2S/c1-21-6-5-7-22(2)27(21)39-18-19-43-30(39)37-29(41)35-17-4-3-8-23-9-11-24(12-10-23)28-36-20-40(38-28)25-13-15-26(16-14-25)42-31(32,33)34/h5-7,9-16,20H,3-4,8,17-19H2,1-2H3,(H,35,41)/b37-30-. The summed E-state index contributed by atoms with van der Waals surface area (Å²) < 4.78 is 42.5. The summed E-state index contributed by atoms with van der Waals surface area (Å²) in [5.74, 6) is 1.10. The van der Waals surface area contributed by atoms with Crippen LogP contribution in [0.5, 0.6) is 5.75 Å². The van der Waals surface area contributed by atoms with Crippen LogP contribution in [0.25, 0.3) is 17.1 Å². The van der Waals surface area contributed by atoms with E-state index in [1.807, 2.05) is 30.3 Å². The molecule has 0 saturated carbocycles. The molecule has 0 atom stereocenters. The van der Waals surface area contributed by atoms with Gasteiger partial charge in [0, 0.05) is 30.1 Å². The fourth-order valence-corrected chi connectivity index (χ4v) is 5.79. The summed E-state index contributed by atoms with van der Waals surface area (Å²) in [6, 6.07) is 19.2. The van der Waals surface area contributed by atoms with Gasteiger partial charge in [-0.25, -0.2) is 14.5 Å². The van der Waals surface area contributed by atoms with Crippen LogP contribution in [0, 0.1) is 13.8 Å². The van der Waals surface area contributed by atoms with Gasteiger partial charge in [0.25, 0.3) is 0 Å². The second kappa shape index (κ2) is 13.3. The van der Waals surface area contributed by atoms with Crippen LogP contribution in [-0.2, 0) is 6.42 Å². The van der Waals surface area contributed by atoms with Crippen LogP contribution >= 0.6 is 11.8 Å². The average Bonchev–Trinajstić information content (AvgIpc) is 3.63. The Labute approximate surface area is 252 Å². The molecule has 2 heterocycles. The average molecular weight is 609 g/mol. The number of alkyl halides is 3. The third-order valence-electron chi connectivity index (χ3n) is 6.89. The highest BCUT2D eigenvalue weighted by Gasteiger charge is 2.31. The number of unbranched alkanes of at least 4 members (excludes halogenated alkanes) is 1. The van der Waals surface area contributed by atoms with Crippen LogP contribution in [0.2, 0.25) is 0 Å². The summed E-state index contributed by atoms with van der Waals surface area (Å²) in [4.78, 5) is 23.3. The van der Waals surface area contributed by atoms with Crippen molar-refractivity contribution in [3.05, 3.63) is 89.7 Å². The minimum Gasteiger partial charge on any atom is -0.406 e. The molecule has 0 spiro atoms. The second-order valence-electron chi connectivity index (χ2n) is 10.1. The number of amides is 2. The van der Waals surface area contributed by atoms with Crippen LogP contribution < -0.4 is 15.0 Å². The molecule has 5 rings (SSSR count). The van der Waals surface area contributed by atoms with Gasteiger partial charge in [0.05, 0.1) is 5.69 Å². The maximum Gasteiger partial charge on any atom is 0.573 e. The number of benzene rings is 3. The van der Waals surface area contributed by atoms with Gasteiger partial charge in [0.1, 0.15) is 12.1 Å². The molecule has 0 aliphatic carbocycles. The third kappa shape index (κ3) is 7.95. The zero-order valence-corrected chi connectivity index (χ0v) is 24.6. The summed E-state index contributed by atoms with van der Waals surface area (Å²) in [6.45, 7) is 5.53. The topological polar surface area (TPSA) is 84.6 Å². The Kier molecular flexibility index (Phi) is 9.34. The molecule has 224 valence electrons. The number of rotatable bonds is 9. The Balaban J connectivity index is 1.07. The number of carbonyl (C=O) groups excluding carboxylic acids is 1. The van der Waals surface area contributed by atoms with Gasteiger partial charge in [-0.05, 0) is 74.1 Å². The van der Waals surface area contributed by atoms with Crippen LogP contribution in [0.3, 0.4) is 0 Å². The van der Waals surface area contributed by atoms with Gasteiger partial charge in [0.15, 0.2) is 11.0 Å². The summed E-state index contributed by atoms with van der Waals surface area (Å²) in [5, 5.41) is 8.09. The lowest BCUT2D eigenvalue weighted by Crippen LogP contribution is -2.29. The third-order valence-corrected chi connectivity index (χ3v) is 7.85. The summed E-state index contributed by atoms with van der Waals surface area (Å²) in [7, 11) is 0. The van der Waals surface area contributed by atoms with E-state index in [4.69, 9.17) is 0 Å². The van der Waals surface area contributed by atoms with E-state index in [1.54, 1.807) is 11.8 Å². The Morgan fingerprint density at radius 2 is 1.74 bits per heavy atom. The number of para-hydroxylation sites is 1. The van der Waals surface area contributed by atoms with Gasteiger partial charge in [-0.2, -0.15) is 4.99 Å². The Bertz CT molecular complexity index is 1570. The number of ether oxygens (including phenoxy) is 1. The molecule has 2 amide bonds. The molecule has 1 fully saturated rings. The van der Waals surface area contributed by atoms with Crippen LogP contribution in [0.15, 0.2) is 78.0 Å². The molecule has 12 heteroatoms. The van der Waals surface area contributed by atoms with E-state index in [0.29, 0.717) is 18.1 Å². The minimum absolute atomic E-state index is 0.299. The summed E-state index contributed by atoms with van der Waals surface area (Å²) in [5.41, 5.74) is 6.00. The first kappa shape index (κ1) is 30.1. The highest BCUT2D eigenvalue weighted by atomic mass is 32.2. The van der Waals surface area contributed by atoms with Crippen molar-refractivity contribution >= 4 is 28.6 Å². The first-order valence-electron chi connectivity index (χ1n) is 13.9. The molecular formula is C31H31F3N6O2S. The second-order valence-corrected chi connectivity index (χ2v) is 11.1. The lowest BCUT2D eigenvalue weighted by Gasteiger charge is -2.22. The highest BCUT2D eigenvalue weighted by molar-refractivity contribution is 8.14. The van der Waals surface area contributed by atoms with Crippen molar-refractivity contribution in [3.63, 3.8) is 0 Å². The number of hydrogen-bond donors (Lipinski definition) is 1. The number of urea groups is 1. The molecule has 3 aromatic carbocycles. The zero-order chi connectivity index (χ0) is 30.4. The number of carbonyl (C=O) groups is 1. The molecular weight excluding hydrogens is 577 g/mol. The van der Waals surface area contributed by atoms with Crippen molar-refractivity contribution in [2.45, 2.75) is 39.5 Å². The van der Waals surface area contributed by atoms with E-state index in [1.165, 1.54) is 46.4 Å². The first-order valence-corrected chi connectivity index (χ1v) is 14.8. The summed E-state index contributed by atoms with van der Waals surface area (Å²) in [6.07, 6.45) is -0.646. The zero-order valence-electron chi connectivity index (χ0n) is 23.8. The number of aliphatic imine (C=N–C) groups is 1. The highest BCUT2D eigenvalue weighted by Crippen LogP contribution is 2.31. The van der Waals surface area contributed by atoms with Crippen LogP contribution in [-0.4, -0.2) is 51.2 Å². The van der Waals surface area contributed by atoms with Crippen molar-refractivity contribution in [1.29, 1.82) is 0 Å². The number of hydrogen-bond acceptors (Lipinski definition) is 5. The molecule has 1 aliphatic rings. The molecule has 8 nitrogen and oxygen atoms in total. The molecule has 0 radical (unpaired) electrons. The van der Waals surface area contributed by atoms with E-state index in [2.05, 4.69) is 56.0 Å². The molecule has 1 aromatic heterocycles. The van der Waals surface area contributed by atoms with Crippen molar-refractivity contribution in [2.75, 3.05) is 23.7 Å². The Hall–Kier alpha value is -4.32. The predicted octanol–water partition coefficient (Wildman–Crippen LogP) is 7.09. The Morgan fingerprint density at radius 1 is 1.02 bits per heavy atom. The number of aromatic nitrogens is 3. The fraction of sp³-hybridized carbons (Fsp3) is 0.290. The van der Waals surface area contributed by atoms with E-state index in [9.17, 15) is 18.0 Å². The van der Waals surface area contributed by atoms with Gasteiger partial charge in [-0.3, -0.25) is 0 Å². The van der Waals surface area contributed by atoms with Gasteiger partial charge in [0.2, 0.25) is 0 Å². The number of thioether (sulfide) groups is 1. The number of anilines is 1. The lowest BCUT2D eigenvalue weighted by atomic mass is 10.1. The van der Waals surface area contributed by atoms with Crippen molar-refractivity contribution < 1.29 is 22.7 Å². The fourth-order valence-electron chi connectivity index (χ4n) is 4.85. The van der Waals surface area contributed by atoms with Gasteiger partial charge in [-0.15, -0.1) is 18.3 Å². The normalized spacial score (nSPS) is 14.3. The molecule has 4 aromatic rings. The van der Waals surface area contributed by atoms with Crippen LogP contribution in [0.1, 0.15) is 29.5 Å². The van der Waals surface area contributed by atoms with Crippen molar-refractivity contribution in [3.8, 4) is 22.8 Å². The maximum atomic E-state index is 12.5. The maximum absolute atomic E-state index is 12.5. The number of nitrogens with one attached hydrogen (secondary N) is 1. The number of nitrogens with zero attached hydrogens (tertiary/aromatic N) is 5. The number of amidine groups is 1. The largest absolute Gasteiger partial charge is 0.573 e. The molecule has 43 heavy (non-hydrogen) atoms. The number of halogens is 3. The van der Waals surface area contributed by atoms with E-state index >= 15 is 0 Å². The van der Waals surface area contributed by atoms with E-state index in [-0.39, 0.29) is 11.8 Å². The van der Waals surface area contributed by atoms with Gasteiger partial charge >= 0.3 is 12.4 Å². The lowest BCUT2D eigenvalue weighted by molar-refractivity contribution is -0.274. The first-order chi connectivity index (χ1) is 20.7. The van der Waals surface area contributed by atoms with Gasteiger partial charge < -0.3 is 15.0 Å². The van der Waals surface area contributed by atoms with E-state index < -0.39 is 6.36 Å². The molecule has 0 bridgehead atoms. The molecule has 0 unspecified atom stereocenters.